The topological polar surface area (TPSA) is 58.6 Å². The van der Waals surface area contributed by atoms with Gasteiger partial charge in [-0.25, -0.2) is 0 Å². The Morgan fingerprint density at radius 2 is 1.86 bits per heavy atom. The Morgan fingerprint density at radius 3 is 2.48 bits per heavy atom. The predicted octanol–water partition coefficient (Wildman–Crippen LogP) is 4.71. The fourth-order valence-corrected chi connectivity index (χ4v) is 3.46. The Labute approximate surface area is 181 Å². The molecule has 7 heteroatoms. The van der Waals surface area contributed by atoms with E-state index in [4.69, 9.17) is 27.9 Å². The van der Waals surface area contributed by atoms with Crippen LogP contribution >= 0.6 is 23.2 Å². The number of carbonyl (C=O) groups is 2. The third-order valence-electron chi connectivity index (χ3n) is 4.54. The third-order valence-corrected chi connectivity index (χ3v) is 5.12. The van der Waals surface area contributed by atoms with Crippen LogP contribution in [0.4, 0.5) is 0 Å². The lowest BCUT2D eigenvalue weighted by Crippen LogP contribution is -2.48. The lowest BCUT2D eigenvalue weighted by atomic mass is 10.1. The van der Waals surface area contributed by atoms with Crippen LogP contribution in [0.15, 0.2) is 48.5 Å². The highest BCUT2D eigenvalue weighted by atomic mass is 35.5. The van der Waals surface area contributed by atoms with E-state index in [0.29, 0.717) is 29.5 Å². The number of amides is 2. The van der Waals surface area contributed by atoms with Gasteiger partial charge in [-0.2, -0.15) is 0 Å². The maximum Gasteiger partial charge on any atom is 0.242 e. The van der Waals surface area contributed by atoms with E-state index in [1.54, 1.807) is 30.1 Å². The fraction of sp³-hybridized carbons (Fsp3) is 0.364. The minimum atomic E-state index is -0.575. The van der Waals surface area contributed by atoms with Crippen LogP contribution in [0.5, 0.6) is 5.75 Å². The van der Waals surface area contributed by atoms with E-state index >= 15 is 0 Å². The molecule has 0 saturated carbocycles. The van der Waals surface area contributed by atoms with Crippen LogP contribution in [0.2, 0.25) is 10.0 Å². The van der Waals surface area contributed by atoms with E-state index < -0.39 is 6.04 Å². The maximum absolute atomic E-state index is 13.0. The number of para-hydroxylation sites is 1. The zero-order valence-corrected chi connectivity index (χ0v) is 18.2. The molecule has 0 heterocycles. The molecule has 2 amide bonds. The molecule has 156 valence electrons. The summed E-state index contributed by atoms with van der Waals surface area (Å²) in [6.07, 6.45) is 1.31. The Morgan fingerprint density at radius 1 is 1.14 bits per heavy atom. The molecule has 2 aromatic carbocycles. The number of halogens is 2. The first-order valence-electron chi connectivity index (χ1n) is 9.59. The number of nitrogens with zero attached hydrogens (tertiary/aromatic N) is 1. The largest absolute Gasteiger partial charge is 0.494 e. The molecule has 1 N–H and O–H groups in total. The Balaban J connectivity index is 2.06. The zero-order valence-electron chi connectivity index (χ0n) is 16.7. The molecule has 0 aliphatic carbocycles. The summed E-state index contributed by atoms with van der Waals surface area (Å²) in [6, 6.07) is 14.0. The molecular formula is C22H26Cl2N2O3. The van der Waals surface area contributed by atoms with Crippen molar-refractivity contribution in [1.29, 1.82) is 0 Å². The molecular weight excluding hydrogens is 411 g/mol. The fourth-order valence-electron chi connectivity index (χ4n) is 2.99. The van der Waals surface area contributed by atoms with Crippen molar-refractivity contribution in [3.05, 3.63) is 64.1 Å². The van der Waals surface area contributed by atoms with Crippen molar-refractivity contribution in [2.24, 2.45) is 0 Å². The lowest BCUT2D eigenvalue weighted by molar-refractivity contribution is -0.141. The third kappa shape index (κ3) is 6.94. The van der Waals surface area contributed by atoms with Crippen molar-refractivity contribution < 1.29 is 14.3 Å². The molecule has 0 aliphatic heterocycles. The molecule has 2 rings (SSSR count). The number of likely N-dealkylation sites (N-methyl/N-ethyl adjacent to an activating group) is 1. The highest BCUT2D eigenvalue weighted by Gasteiger charge is 2.28. The second-order valence-corrected chi connectivity index (χ2v) is 7.40. The van der Waals surface area contributed by atoms with Crippen molar-refractivity contribution in [1.82, 2.24) is 10.2 Å². The number of hydrogen-bond donors (Lipinski definition) is 1. The van der Waals surface area contributed by atoms with Gasteiger partial charge in [-0.1, -0.05) is 54.4 Å². The van der Waals surface area contributed by atoms with Gasteiger partial charge in [0.1, 0.15) is 11.8 Å². The summed E-state index contributed by atoms with van der Waals surface area (Å²) in [5.74, 6) is 0.441. The lowest BCUT2D eigenvalue weighted by Gasteiger charge is -2.30. The van der Waals surface area contributed by atoms with Gasteiger partial charge in [0, 0.05) is 30.1 Å². The maximum atomic E-state index is 13.0. The smallest absolute Gasteiger partial charge is 0.242 e. The van der Waals surface area contributed by atoms with Crippen LogP contribution in [0.25, 0.3) is 0 Å². The average molecular weight is 437 g/mol. The molecule has 2 aromatic rings. The summed E-state index contributed by atoms with van der Waals surface area (Å²) in [5, 5.41) is 3.63. The summed E-state index contributed by atoms with van der Waals surface area (Å²) >= 11 is 12.3. The predicted molar refractivity (Wildman–Crippen MR) is 116 cm³/mol. The van der Waals surface area contributed by atoms with Crippen LogP contribution < -0.4 is 10.1 Å². The van der Waals surface area contributed by atoms with Crippen molar-refractivity contribution in [2.45, 2.75) is 38.8 Å². The molecule has 0 aliphatic rings. The summed E-state index contributed by atoms with van der Waals surface area (Å²) in [4.78, 5) is 26.9. The molecule has 0 saturated heterocycles. The van der Waals surface area contributed by atoms with Crippen LogP contribution in [-0.2, 0) is 16.1 Å². The Kier molecular flexibility index (Phi) is 9.29. The summed E-state index contributed by atoms with van der Waals surface area (Å²) in [6.45, 7) is 2.53. The van der Waals surface area contributed by atoms with Gasteiger partial charge in [-0.15, -0.1) is 0 Å². The molecule has 0 bridgehead atoms. The molecule has 0 aromatic heterocycles. The second kappa shape index (κ2) is 11.7. The molecule has 0 fully saturated rings. The minimum absolute atomic E-state index is 0.122. The van der Waals surface area contributed by atoms with Gasteiger partial charge >= 0.3 is 0 Å². The molecule has 29 heavy (non-hydrogen) atoms. The van der Waals surface area contributed by atoms with Crippen LogP contribution in [-0.4, -0.2) is 36.4 Å². The van der Waals surface area contributed by atoms with Crippen molar-refractivity contribution >= 4 is 35.0 Å². The molecule has 0 radical (unpaired) electrons. The number of hydrogen-bond acceptors (Lipinski definition) is 3. The van der Waals surface area contributed by atoms with Crippen LogP contribution in [0, 0.1) is 0 Å². The SMILES string of the molecule is CC[C@@H](C(=O)NC)N(Cc1ccc(Cl)cc1Cl)C(=O)CCCOc1ccccc1. The molecule has 0 spiro atoms. The monoisotopic (exact) mass is 436 g/mol. The van der Waals surface area contributed by atoms with Crippen LogP contribution in [0.1, 0.15) is 31.7 Å². The van der Waals surface area contributed by atoms with Gasteiger partial charge in [-0.05, 0) is 42.7 Å². The summed E-state index contributed by atoms with van der Waals surface area (Å²) < 4.78 is 5.66. The molecule has 5 nitrogen and oxygen atoms in total. The van der Waals surface area contributed by atoms with E-state index in [-0.39, 0.29) is 24.8 Å². The van der Waals surface area contributed by atoms with E-state index in [0.717, 1.165) is 11.3 Å². The standard InChI is InChI=1S/C22H26Cl2N2O3/c1-3-20(22(28)25-2)26(15-16-11-12-17(23)14-19(16)24)21(27)10-7-13-29-18-8-5-4-6-9-18/h4-6,8-9,11-12,14,20H,3,7,10,13,15H2,1-2H3,(H,25,28)/t20-/m0/s1. The van der Waals surface area contributed by atoms with Crippen molar-refractivity contribution in [2.75, 3.05) is 13.7 Å². The van der Waals surface area contributed by atoms with E-state index in [1.807, 2.05) is 37.3 Å². The number of rotatable bonds is 10. The van der Waals surface area contributed by atoms with Crippen molar-refractivity contribution in [3.8, 4) is 5.75 Å². The quantitative estimate of drug-likeness (QED) is 0.548. The first-order valence-corrected chi connectivity index (χ1v) is 10.3. The highest BCUT2D eigenvalue weighted by Crippen LogP contribution is 2.24. The van der Waals surface area contributed by atoms with Crippen molar-refractivity contribution in [3.63, 3.8) is 0 Å². The molecule has 0 unspecified atom stereocenters. The van der Waals surface area contributed by atoms with Crippen LogP contribution in [0.3, 0.4) is 0 Å². The van der Waals surface area contributed by atoms with Gasteiger partial charge in [-0.3, -0.25) is 9.59 Å². The van der Waals surface area contributed by atoms with Gasteiger partial charge < -0.3 is 15.0 Å². The van der Waals surface area contributed by atoms with E-state index in [1.165, 1.54) is 0 Å². The van der Waals surface area contributed by atoms with Gasteiger partial charge in [0.15, 0.2) is 0 Å². The molecule has 1 atom stereocenters. The normalized spacial score (nSPS) is 11.6. The van der Waals surface area contributed by atoms with Gasteiger partial charge in [0.05, 0.1) is 6.61 Å². The highest BCUT2D eigenvalue weighted by molar-refractivity contribution is 6.35. The summed E-state index contributed by atoms with van der Waals surface area (Å²) in [5.41, 5.74) is 0.743. The first kappa shape index (κ1) is 23.0. The van der Waals surface area contributed by atoms with E-state index in [9.17, 15) is 9.59 Å². The van der Waals surface area contributed by atoms with E-state index in [2.05, 4.69) is 5.32 Å². The average Bonchev–Trinajstić information content (AvgIpc) is 2.72. The van der Waals surface area contributed by atoms with Gasteiger partial charge in [0.25, 0.3) is 0 Å². The Hall–Kier alpha value is -2.24. The first-order chi connectivity index (χ1) is 14.0. The minimum Gasteiger partial charge on any atom is -0.494 e. The number of carbonyl (C=O) groups excluding carboxylic acids is 2. The number of nitrogens with one attached hydrogen (secondary N) is 1. The summed E-state index contributed by atoms with van der Waals surface area (Å²) in [7, 11) is 1.57. The second-order valence-electron chi connectivity index (χ2n) is 6.56. The number of ether oxygens (including phenoxy) is 1. The van der Waals surface area contributed by atoms with Gasteiger partial charge in [0.2, 0.25) is 11.8 Å². The Bertz CT molecular complexity index is 815. The number of benzene rings is 2. The zero-order chi connectivity index (χ0) is 21.2.